The second-order valence-electron chi connectivity index (χ2n) is 7.26. The van der Waals surface area contributed by atoms with E-state index in [9.17, 15) is 9.59 Å². The SMILES string of the molecule is C=CC1N(Cc2ccc(OC)cc2)CC12CCC(=O)N2C(=O)C(C)C. The molecular formula is C20H26N2O3. The van der Waals surface area contributed by atoms with E-state index in [0.717, 1.165) is 18.7 Å². The minimum Gasteiger partial charge on any atom is -0.497 e. The van der Waals surface area contributed by atoms with Crippen LogP contribution in [-0.2, 0) is 16.1 Å². The third kappa shape index (κ3) is 2.86. The topological polar surface area (TPSA) is 49.9 Å². The van der Waals surface area contributed by atoms with Gasteiger partial charge in [0.25, 0.3) is 0 Å². The van der Waals surface area contributed by atoms with Gasteiger partial charge in [0.1, 0.15) is 5.75 Å². The molecule has 2 heterocycles. The molecule has 0 saturated carbocycles. The summed E-state index contributed by atoms with van der Waals surface area (Å²) in [6.07, 6.45) is 3.05. The van der Waals surface area contributed by atoms with Crippen molar-refractivity contribution < 1.29 is 14.3 Å². The first-order valence-corrected chi connectivity index (χ1v) is 8.79. The van der Waals surface area contributed by atoms with E-state index in [2.05, 4.69) is 11.5 Å². The highest BCUT2D eigenvalue weighted by Gasteiger charge is 2.61. The monoisotopic (exact) mass is 342 g/mol. The summed E-state index contributed by atoms with van der Waals surface area (Å²) in [5, 5.41) is 0. The molecule has 5 nitrogen and oxygen atoms in total. The number of carbonyl (C=O) groups is 2. The second-order valence-corrected chi connectivity index (χ2v) is 7.26. The lowest BCUT2D eigenvalue weighted by Gasteiger charge is -2.58. The number of nitrogens with zero attached hydrogens (tertiary/aromatic N) is 2. The van der Waals surface area contributed by atoms with Crippen molar-refractivity contribution in [2.45, 2.75) is 44.8 Å². The normalized spacial score (nSPS) is 26.2. The number of benzene rings is 1. The summed E-state index contributed by atoms with van der Waals surface area (Å²) in [5.41, 5.74) is 0.765. The fourth-order valence-electron chi connectivity index (χ4n) is 4.08. The Morgan fingerprint density at radius 1 is 1.40 bits per heavy atom. The summed E-state index contributed by atoms with van der Waals surface area (Å²) < 4.78 is 5.20. The highest BCUT2D eigenvalue weighted by Crippen LogP contribution is 2.45. The number of amides is 2. The third-order valence-electron chi connectivity index (χ3n) is 5.37. The molecule has 5 heteroatoms. The van der Waals surface area contributed by atoms with E-state index in [0.29, 0.717) is 13.0 Å². The Bertz CT molecular complexity index is 683. The Balaban J connectivity index is 1.77. The Morgan fingerprint density at radius 3 is 2.64 bits per heavy atom. The molecule has 2 aliphatic rings. The second kappa shape index (κ2) is 6.64. The zero-order chi connectivity index (χ0) is 18.2. The van der Waals surface area contributed by atoms with Gasteiger partial charge in [0, 0.05) is 25.4 Å². The summed E-state index contributed by atoms with van der Waals surface area (Å²) in [5.74, 6) is 0.535. The smallest absolute Gasteiger partial charge is 0.232 e. The van der Waals surface area contributed by atoms with Crippen LogP contribution in [0.15, 0.2) is 36.9 Å². The van der Waals surface area contributed by atoms with Gasteiger partial charge in [-0.15, -0.1) is 6.58 Å². The number of likely N-dealkylation sites (tertiary alicyclic amines) is 2. The average molecular weight is 342 g/mol. The number of ether oxygens (including phenoxy) is 1. The molecule has 1 spiro atoms. The first-order chi connectivity index (χ1) is 11.9. The van der Waals surface area contributed by atoms with Crippen molar-refractivity contribution >= 4 is 11.8 Å². The minimum absolute atomic E-state index is 0.00347. The molecule has 2 amide bonds. The lowest BCUT2D eigenvalue weighted by Crippen LogP contribution is -2.74. The van der Waals surface area contributed by atoms with Crippen LogP contribution >= 0.6 is 0 Å². The molecule has 3 rings (SSSR count). The highest BCUT2D eigenvalue weighted by molar-refractivity contribution is 5.99. The van der Waals surface area contributed by atoms with Gasteiger partial charge in [-0.25, -0.2) is 0 Å². The quantitative estimate of drug-likeness (QED) is 0.772. The van der Waals surface area contributed by atoms with Gasteiger partial charge >= 0.3 is 0 Å². The predicted octanol–water partition coefficient (Wildman–Crippen LogP) is 2.61. The number of carbonyl (C=O) groups excluding carboxylic acids is 2. The molecule has 0 bridgehead atoms. The van der Waals surface area contributed by atoms with Gasteiger partial charge in [-0.05, 0) is 24.1 Å². The summed E-state index contributed by atoms with van der Waals surface area (Å²) >= 11 is 0. The summed E-state index contributed by atoms with van der Waals surface area (Å²) in [6, 6.07) is 7.98. The largest absolute Gasteiger partial charge is 0.497 e. The minimum atomic E-state index is -0.410. The maximum absolute atomic E-state index is 12.6. The van der Waals surface area contributed by atoms with Crippen molar-refractivity contribution in [3.63, 3.8) is 0 Å². The molecule has 2 unspecified atom stereocenters. The molecule has 2 saturated heterocycles. The van der Waals surface area contributed by atoms with Crippen molar-refractivity contribution in [3.8, 4) is 5.75 Å². The molecule has 0 radical (unpaired) electrons. The van der Waals surface area contributed by atoms with E-state index in [1.165, 1.54) is 10.5 Å². The molecule has 1 aromatic rings. The fraction of sp³-hybridized carbons (Fsp3) is 0.500. The molecule has 2 fully saturated rings. The Labute approximate surface area is 149 Å². The Morgan fingerprint density at radius 2 is 2.08 bits per heavy atom. The summed E-state index contributed by atoms with van der Waals surface area (Å²) in [4.78, 5) is 28.8. The zero-order valence-corrected chi connectivity index (χ0v) is 15.2. The zero-order valence-electron chi connectivity index (χ0n) is 15.2. The lowest BCUT2D eigenvalue weighted by molar-refractivity contribution is -0.160. The van der Waals surface area contributed by atoms with E-state index in [1.807, 2.05) is 44.2 Å². The van der Waals surface area contributed by atoms with Crippen LogP contribution < -0.4 is 4.74 Å². The molecule has 2 atom stereocenters. The van der Waals surface area contributed by atoms with E-state index in [4.69, 9.17) is 4.74 Å². The van der Waals surface area contributed by atoms with Gasteiger partial charge in [0.05, 0.1) is 18.7 Å². The Kier molecular flexibility index (Phi) is 4.69. The molecule has 134 valence electrons. The molecule has 1 aromatic carbocycles. The van der Waals surface area contributed by atoms with E-state index in [1.54, 1.807) is 7.11 Å². The predicted molar refractivity (Wildman–Crippen MR) is 96.0 cm³/mol. The standard InChI is InChI=1S/C20H26N2O3/c1-5-17-20(11-10-18(23)22(20)19(24)14(2)3)13-21(17)12-15-6-8-16(25-4)9-7-15/h5-9,14,17H,1,10-13H2,2-4H3. The van der Waals surface area contributed by atoms with Crippen LogP contribution in [0.2, 0.25) is 0 Å². The van der Waals surface area contributed by atoms with Gasteiger partial charge in [0.2, 0.25) is 11.8 Å². The van der Waals surface area contributed by atoms with Crippen LogP contribution in [0.3, 0.4) is 0 Å². The first kappa shape index (κ1) is 17.7. The summed E-state index contributed by atoms with van der Waals surface area (Å²) in [7, 11) is 1.65. The Hall–Kier alpha value is -2.14. The van der Waals surface area contributed by atoms with Crippen LogP contribution in [0.1, 0.15) is 32.3 Å². The molecule has 25 heavy (non-hydrogen) atoms. The maximum atomic E-state index is 12.6. The number of imide groups is 1. The molecule has 0 aromatic heterocycles. The summed E-state index contributed by atoms with van der Waals surface area (Å²) in [6.45, 7) is 9.14. The van der Waals surface area contributed by atoms with E-state index < -0.39 is 5.54 Å². The number of hydrogen-bond donors (Lipinski definition) is 0. The molecule has 0 aliphatic carbocycles. The van der Waals surface area contributed by atoms with Crippen molar-refractivity contribution in [2.75, 3.05) is 13.7 Å². The van der Waals surface area contributed by atoms with Gasteiger partial charge in [0.15, 0.2) is 0 Å². The van der Waals surface area contributed by atoms with Gasteiger partial charge < -0.3 is 4.74 Å². The highest BCUT2D eigenvalue weighted by atomic mass is 16.5. The number of methoxy groups -OCH3 is 1. The number of hydrogen-bond acceptors (Lipinski definition) is 4. The first-order valence-electron chi connectivity index (χ1n) is 8.79. The van der Waals surface area contributed by atoms with E-state index >= 15 is 0 Å². The van der Waals surface area contributed by atoms with Crippen LogP contribution in [-0.4, -0.2) is 46.8 Å². The lowest BCUT2D eigenvalue weighted by atomic mass is 9.76. The van der Waals surface area contributed by atoms with Crippen LogP contribution in [0.5, 0.6) is 5.75 Å². The van der Waals surface area contributed by atoms with Crippen LogP contribution in [0, 0.1) is 5.92 Å². The van der Waals surface area contributed by atoms with Gasteiger partial charge in [-0.3, -0.25) is 19.4 Å². The molecular weight excluding hydrogens is 316 g/mol. The molecule has 0 N–H and O–H groups in total. The van der Waals surface area contributed by atoms with Gasteiger partial charge in [-0.2, -0.15) is 0 Å². The molecule has 2 aliphatic heterocycles. The van der Waals surface area contributed by atoms with Crippen molar-refractivity contribution in [2.24, 2.45) is 5.92 Å². The van der Waals surface area contributed by atoms with Crippen LogP contribution in [0.4, 0.5) is 0 Å². The van der Waals surface area contributed by atoms with Crippen molar-refractivity contribution in [1.29, 1.82) is 0 Å². The van der Waals surface area contributed by atoms with Crippen molar-refractivity contribution in [3.05, 3.63) is 42.5 Å². The van der Waals surface area contributed by atoms with Crippen LogP contribution in [0.25, 0.3) is 0 Å². The van der Waals surface area contributed by atoms with Gasteiger partial charge in [-0.1, -0.05) is 32.1 Å². The van der Waals surface area contributed by atoms with E-state index in [-0.39, 0.29) is 23.8 Å². The maximum Gasteiger partial charge on any atom is 0.232 e. The van der Waals surface area contributed by atoms with Crippen molar-refractivity contribution in [1.82, 2.24) is 9.80 Å². The number of rotatable bonds is 5. The third-order valence-corrected chi connectivity index (χ3v) is 5.37. The fourth-order valence-corrected chi connectivity index (χ4v) is 4.08. The average Bonchev–Trinajstić information content (AvgIpc) is 2.93.